The zero-order chi connectivity index (χ0) is 18.5. The molecule has 0 saturated carbocycles. The molecule has 1 unspecified atom stereocenters. The Labute approximate surface area is 153 Å². The number of hydrogen-bond donors (Lipinski definition) is 2. The number of nitrogens with zero attached hydrogens (tertiary/aromatic N) is 1. The zero-order valence-electron chi connectivity index (χ0n) is 15.0. The number of benzene rings is 1. The number of rotatable bonds is 5. The van der Waals surface area contributed by atoms with Crippen LogP contribution < -0.4 is 10.6 Å². The molecule has 1 aliphatic rings. The molecule has 2 aromatic rings. The predicted octanol–water partition coefficient (Wildman–Crippen LogP) is 2.86. The lowest BCUT2D eigenvalue weighted by molar-refractivity contribution is 0.0853. The number of ether oxygens (including phenoxy) is 1. The number of carbonyl (C=O) groups excluding carboxylic acids is 2. The van der Waals surface area contributed by atoms with Crippen molar-refractivity contribution in [3.8, 4) is 0 Å². The fourth-order valence-electron chi connectivity index (χ4n) is 2.82. The van der Waals surface area contributed by atoms with Crippen LogP contribution in [0.15, 0.2) is 36.5 Å². The molecule has 136 valence electrons. The first-order valence-electron chi connectivity index (χ1n) is 8.77. The molecule has 6 heteroatoms. The molecule has 1 atom stereocenters. The summed E-state index contributed by atoms with van der Waals surface area (Å²) in [5.74, 6) is -0.579. The Hall–Kier alpha value is -2.73. The third-order valence-corrected chi connectivity index (χ3v) is 4.53. The second-order valence-corrected chi connectivity index (χ2v) is 6.53. The van der Waals surface area contributed by atoms with E-state index in [2.05, 4.69) is 15.6 Å². The van der Waals surface area contributed by atoms with Gasteiger partial charge in [0, 0.05) is 30.6 Å². The van der Waals surface area contributed by atoms with Crippen molar-refractivity contribution in [3.63, 3.8) is 0 Å². The van der Waals surface area contributed by atoms with Gasteiger partial charge in [-0.05, 0) is 62.1 Å². The second kappa shape index (κ2) is 8.10. The lowest BCUT2D eigenvalue weighted by atomic mass is 10.1. The van der Waals surface area contributed by atoms with Gasteiger partial charge in [0.05, 0.1) is 6.10 Å². The van der Waals surface area contributed by atoms with Crippen molar-refractivity contribution in [1.82, 2.24) is 10.3 Å². The second-order valence-electron chi connectivity index (χ2n) is 6.53. The molecule has 1 aromatic carbocycles. The molecule has 2 N–H and O–H groups in total. The first kappa shape index (κ1) is 18.1. The molecule has 3 rings (SSSR count). The van der Waals surface area contributed by atoms with E-state index in [4.69, 9.17) is 4.74 Å². The Morgan fingerprint density at radius 1 is 1.15 bits per heavy atom. The zero-order valence-corrected chi connectivity index (χ0v) is 15.0. The Kier molecular flexibility index (Phi) is 5.63. The van der Waals surface area contributed by atoms with E-state index >= 15 is 0 Å². The lowest BCUT2D eigenvalue weighted by Gasteiger charge is -2.11. The Morgan fingerprint density at radius 2 is 2.00 bits per heavy atom. The molecule has 0 spiro atoms. The van der Waals surface area contributed by atoms with E-state index < -0.39 is 0 Å². The molecule has 0 bridgehead atoms. The largest absolute Gasteiger partial charge is 0.376 e. The lowest BCUT2D eigenvalue weighted by Crippen LogP contribution is -2.32. The van der Waals surface area contributed by atoms with Crippen LogP contribution in [0.4, 0.5) is 5.69 Å². The molecular weight excluding hydrogens is 330 g/mol. The number of carbonyl (C=O) groups is 2. The van der Waals surface area contributed by atoms with Gasteiger partial charge in [-0.1, -0.05) is 6.07 Å². The summed E-state index contributed by atoms with van der Waals surface area (Å²) in [6, 6.07) is 8.83. The molecule has 1 saturated heterocycles. The van der Waals surface area contributed by atoms with Crippen molar-refractivity contribution in [2.75, 3.05) is 18.5 Å². The average Bonchev–Trinajstić information content (AvgIpc) is 3.16. The quantitative estimate of drug-likeness (QED) is 0.866. The standard InChI is InChI=1S/C20H23N3O3/c1-13-5-6-16(10-14(13)2)23-19(24)15-7-8-21-18(11-15)20(25)22-12-17-4-3-9-26-17/h5-8,10-11,17H,3-4,9,12H2,1-2H3,(H,22,25)(H,23,24). The van der Waals surface area contributed by atoms with E-state index in [-0.39, 0.29) is 23.6 Å². The highest BCUT2D eigenvalue weighted by Crippen LogP contribution is 2.15. The van der Waals surface area contributed by atoms with E-state index in [9.17, 15) is 9.59 Å². The van der Waals surface area contributed by atoms with E-state index in [1.807, 2.05) is 32.0 Å². The molecular formula is C20H23N3O3. The molecule has 26 heavy (non-hydrogen) atoms. The summed E-state index contributed by atoms with van der Waals surface area (Å²) in [7, 11) is 0. The van der Waals surface area contributed by atoms with Gasteiger partial charge in [-0.25, -0.2) is 0 Å². The minimum atomic E-state index is -0.304. The van der Waals surface area contributed by atoms with Gasteiger partial charge >= 0.3 is 0 Å². The number of aryl methyl sites for hydroxylation is 2. The normalized spacial score (nSPS) is 16.3. The number of anilines is 1. The minimum absolute atomic E-state index is 0.0650. The van der Waals surface area contributed by atoms with Crippen LogP contribution in [0.2, 0.25) is 0 Å². The molecule has 6 nitrogen and oxygen atoms in total. The highest BCUT2D eigenvalue weighted by molar-refractivity contribution is 6.05. The van der Waals surface area contributed by atoms with Crippen LogP contribution >= 0.6 is 0 Å². The van der Waals surface area contributed by atoms with Crippen molar-refractivity contribution in [2.24, 2.45) is 0 Å². The number of pyridine rings is 1. The summed E-state index contributed by atoms with van der Waals surface area (Å²) in [5.41, 5.74) is 3.60. The van der Waals surface area contributed by atoms with E-state index in [1.165, 1.54) is 12.3 Å². The molecule has 0 radical (unpaired) electrons. The van der Waals surface area contributed by atoms with E-state index in [1.54, 1.807) is 6.07 Å². The molecule has 2 heterocycles. The van der Waals surface area contributed by atoms with Crippen molar-refractivity contribution < 1.29 is 14.3 Å². The molecule has 1 aliphatic heterocycles. The SMILES string of the molecule is Cc1ccc(NC(=O)c2ccnc(C(=O)NCC3CCCO3)c2)cc1C. The van der Waals surface area contributed by atoms with E-state index in [0.717, 1.165) is 36.3 Å². The van der Waals surface area contributed by atoms with Crippen LogP contribution in [0, 0.1) is 13.8 Å². The van der Waals surface area contributed by atoms with Gasteiger partial charge in [-0.3, -0.25) is 14.6 Å². The van der Waals surface area contributed by atoms with Crippen LogP contribution in [-0.2, 0) is 4.74 Å². The van der Waals surface area contributed by atoms with Crippen molar-refractivity contribution in [2.45, 2.75) is 32.8 Å². The summed E-state index contributed by atoms with van der Waals surface area (Å²) in [6.07, 6.45) is 3.50. The number of amides is 2. The monoisotopic (exact) mass is 353 g/mol. The summed E-state index contributed by atoms with van der Waals surface area (Å²) in [4.78, 5) is 28.8. The van der Waals surface area contributed by atoms with Crippen LogP contribution in [-0.4, -0.2) is 36.1 Å². The highest BCUT2D eigenvalue weighted by Gasteiger charge is 2.18. The van der Waals surface area contributed by atoms with Gasteiger partial charge in [0.15, 0.2) is 0 Å². The highest BCUT2D eigenvalue weighted by atomic mass is 16.5. The molecule has 1 aromatic heterocycles. The smallest absolute Gasteiger partial charge is 0.269 e. The Morgan fingerprint density at radius 3 is 2.73 bits per heavy atom. The maximum atomic E-state index is 12.5. The number of aromatic nitrogens is 1. The summed E-state index contributed by atoms with van der Waals surface area (Å²) in [5, 5.41) is 5.66. The third kappa shape index (κ3) is 4.46. The maximum absolute atomic E-state index is 12.5. The first-order chi connectivity index (χ1) is 12.5. The van der Waals surface area contributed by atoms with Crippen LogP contribution in [0.1, 0.15) is 44.8 Å². The maximum Gasteiger partial charge on any atom is 0.269 e. The fourth-order valence-corrected chi connectivity index (χ4v) is 2.82. The Bertz CT molecular complexity index is 814. The van der Waals surface area contributed by atoms with Crippen molar-refractivity contribution in [3.05, 3.63) is 58.9 Å². The van der Waals surface area contributed by atoms with Crippen LogP contribution in [0.3, 0.4) is 0 Å². The summed E-state index contributed by atoms with van der Waals surface area (Å²) >= 11 is 0. The molecule has 0 aliphatic carbocycles. The van der Waals surface area contributed by atoms with Gasteiger partial charge < -0.3 is 15.4 Å². The van der Waals surface area contributed by atoms with Gasteiger partial charge in [0.25, 0.3) is 11.8 Å². The fraction of sp³-hybridized carbons (Fsp3) is 0.350. The van der Waals surface area contributed by atoms with Gasteiger partial charge in [-0.2, -0.15) is 0 Å². The number of nitrogens with one attached hydrogen (secondary N) is 2. The van der Waals surface area contributed by atoms with Gasteiger partial charge in [0.2, 0.25) is 0 Å². The molecule has 1 fully saturated rings. The van der Waals surface area contributed by atoms with Crippen molar-refractivity contribution in [1.29, 1.82) is 0 Å². The van der Waals surface area contributed by atoms with E-state index in [0.29, 0.717) is 12.1 Å². The molecule has 2 amide bonds. The number of hydrogen-bond acceptors (Lipinski definition) is 4. The van der Waals surface area contributed by atoms with Gasteiger partial charge in [-0.15, -0.1) is 0 Å². The van der Waals surface area contributed by atoms with Crippen LogP contribution in [0.25, 0.3) is 0 Å². The topological polar surface area (TPSA) is 80.3 Å². The Balaban J connectivity index is 1.64. The summed E-state index contributed by atoms with van der Waals surface area (Å²) < 4.78 is 5.49. The average molecular weight is 353 g/mol. The first-order valence-corrected chi connectivity index (χ1v) is 8.77. The third-order valence-electron chi connectivity index (χ3n) is 4.53. The summed E-state index contributed by atoms with van der Waals surface area (Å²) in [6.45, 7) is 5.21. The van der Waals surface area contributed by atoms with Crippen molar-refractivity contribution >= 4 is 17.5 Å². The predicted molar refractivity (Wildman–Crippen MR) is 99.4 cm³/mol. The van der Waals surface area contributed by atoms with Crippen LogP contribution in [0.5, 0.6) is 0 Å². The van der Waals surface area contributed by atoms with Gasteiger partial charge in [0.1, 0.15) is 5.69 Å². The minimum Gasteiger partial charge on any atom is -0.376 e.